The summed E-state index contributed by atoms with van der Waals surface area (Å²) in [6.07, 6.45) is 1.19. The Balaban J connectivity index is 1.59. The molecular formula is C19H25BrN5O6PS2. The van der Waals surface area contributed by atoms with E-state index in [4.69, 9.17) is 35.8 Å². The third-order valence-corrected chi connectivity index (χ3v) is 8.80. The van der Waals surface area contributed by atoms with Crippen molar-refractivity contribution in [2.24, 2.45) is 0 Å². The summed E-state index contributed by atoms with van der Waals surface area (Å²) < 4.78 is 32.7. The number of halogens is 1. The molecule has 0 saturated heterocycles. The summed E-state index contributed by atoms with van der Waals surface area (Å²) in [5, 5.41) is 9.01. The predicted octanol–water partition coefficient (Wildman–Crippen LogP) is 1.94. The quantitative estimate of drug-likeness (QED) is 0.186. The number of nitrogen functional groups attached to an aromatic ring is 1. The standard InChI is InChI=1S/C19H25BrN5O6PS2/c20-15-3-1-2-14(10-15)11-31-32(28,30-7-9-34(33)8-5-26)13-29-6-4-25-12-22-16-17(25)23-19(21)24-18(16)27/h1-3,10,12,26H,4-9,11,13H2,(H3,21,23,24,27). The largest absolute Gasteiger partial charge is 0.396 e. The molecule has 34 heavy (non-hydrogen) atoms. The van der Waals surface area contributed by atoms with Gasteiger partial charge in [0.05, 0.1) is 32.8 Å². The fraction of sp³-hybridized carbons (Fsp3) is 0.421. The summed E-state index contributed by atoms with van der Waals surface area (Å²) in [7, 11) is -4.07. The van der Waals surface area contributed by atoms with Gasteiger partial charge in [0, 0.05) is 22.5 Å². The molecule has 0 bridgehead atoms. The van der Waals surface area contributed by atoms with E-state index >= 15 is 0 Å². The van der Waals surface area contributed by atoms with Crippen molar-refractivity contribution in [1.29, 1.82) is 0 Å². The van der Waals surface area contributed by atoms with Crippen molar-refractivity contribution >= 4 is 61.3 Å². The SMILES string of the molecule is Nc1nc2c(ncn2CCOCP(=O)(OCCS(=S)CCO)OCc2cccc(Br)c2)c(=O)[nH]1. The Bertz CT molecular complexity index is 1240. The minimum Gasteiger partial charge on any atom is -0.396 e. The topological polar surface area (TPSA) is 155 Å². The highest BCUT2D eigenvalue weighted by Crippen LogP contribution is 2.49. The number of H-pyrrole nitrogens is 1. The molecule has 2 aromatic heterocycles. The monoisotopic (exact) mass is 593 g/mol. The first-order valence-corrected chi connectivity index (χ1v) is 15.2. The second-order valence-electron chi connectivity index (χ2n) is 7.02. The Morgan fingerprint density at radius 1 is 1.29 bits per heavy atom. The second kappa shape index (κ2) is 13.0. The number of nitrogens with one attached hydrogen (secondary N) is 1. The molecule has 0 saturated carbocycles. The minimum atomic E-state index is -3.60. The maximum absolute atomic E-state index is 13.3. The Morgan fingerprint density at radius 3 is 2.88 bits per heavy atom. The number of aliphatic hydroxyl groups is 1. The third-order valence-electron chi connectivity index (χ3n) is 4.45. The van der Waals surface area contributed by atoms with Crippen LogP contribution >= 0.6 is 23.5 Å². The Kier molecular flexibility index (Phi) is 10.3. The fourth-order valence-corrected chi connectivity index (χ4v) is 5.82. The van der Waals surface area contributed by atoms with E-state index < -0.39 is 22.6 Å². The summed E-state index contributed by atoms with van der Waals surface area (Å²) in [5.41, 5.74) is 6.50. The molecule has 15 heteroatoms. The van der Waals surface area contributed by atoms with E-state index in [0.717, 1.165) is 10.0 Å². The lowest BCUT2D eigenvalue weighted by Gasteiger charge is -2.19. The fourth-order valence-electron chi connectivity index (χ4n) is 2.86. The van der Waals surface area contributed by atoms with Crippen molar-refractivity contribution in [2.45, 2.75) is 13.2 Å². The van der Waals surface area contributed by atoms with E-state index in [1.165, 1.54) is 6.33 Å². The van der Waals surface area contributed by atoms with Gasteiger partial charge in [0.1, 0.15) is 6.35 Å². The van der Waals surface area contributed by atoms with Gasteiger partial charge in [-0.15, -0.1) is 9.45 Å². The van der Waals surface area contributed by atoms with Crippen LogP contribution in [-0.2, 0) is 52.1 Å². The number of aromatic amines is 1. The van der Waals surface area contributed by atoms with Gasteiger partial charge in [-0.3, -0.25) is 14.3 Å². The molecule has 2 atom stereocenters. The average molecular weight is 594 g/mol. The van der Waals surface area contributed by atoms with E-state index in [-0.39, 0.29) is 44.2 Å². The van der Waals surface area contributed by atoms with Gasteiger partial charge in [-0.05, 0) is 17.7 Å². The predicted molar refractivity (Wildman–Crippen MR) is 137 cm³/mol. The van der Waals surface area contributed by atoms with Gasteiger partial charge in [0.15, 0.2) is 11.2 Å². The Morgan fingerprint density at radius 2 is 2.12 bits per heavy atom. The van der Waals surface area contributed by atoms with Crippen molar-refractivity contribution < 1.29 is 23.5 Å². The zero-order chi connectivity index (χ0) is 24.6. The number of aromatic nitrogens is 4. The summed E-state index contributed by atoms with van der Waals surface area (Å²) in [4.78, 5) is 22.4. The van der Waals surface area contributed by atoms with Gasteiger partial charge in [0.2, 0.25) is 5.95 Å². The van der Waals surface area contributed by atoms with Crippen molar-refractivity contribution in [2.75, 3.05) is 43.4 Å². The second-order valence-corrected chi connectivity index (χ2v) is 13.0. The van der Waals surface area contributed by atoms with Crippen LogP contribution in [0, 0.1) is 0 Å². The first kappa shape index (κ1) is 27.1. The van der Waals surface area contributed by atoms with Crippen LogP contribution in [0.3, 0.4) is 0 Å². The molecule has 0 aliphatic heterocycles. The Hall–Kier alpha value is -1.51. The number of ether oxygens (including phenoxy) is 1. The summed E-state index contributed by atoms with van der Waals surface area (Å²) >= 11 is 8.66. The lowest BCUT2D eigenvalue weighted by molar-refractivity contribution is 0.123. The van der Waals surface area contributed by atoms with E-state index in [9.17, 15) is 9.36 Å². The highest BCUT2D eigenvalue weighted by atomic mass is 79.9. The number of rotatable bonds is 14. The van der Waals surface area contributed by atoms with Crippen LogP contribution in [0.2, 0.25) is 0 Å². The number of imidazole rings is 1. The van der Waals surface area contributed by atoms with Gasteiger partial charge in [-0.1, -0.05) is 39.3 Å². The molecule has 1 aromatic carbocycles. The first-order chi connectivity index (χ1) is 16.3. The lowest BCUT2D eigenvalue weighted by Crippen LogP contribution is -2.14. The minimum absolute atomic E-state index is 0.00206. The van der Waals surface area contributed by atoms with Crippen LogP contribution in [0.5, 0.6) is 0 Å². The molecular weight excluding hydrogens is 569 g/mol. The smallest absolute Gasteiger partial charge is 0.356 e. The number of benzene rings is 1. The van der Waals surface area contributed by atoms with Gasteiger partial charge >= 0.3 is 7.60 Å². The van der Waals surface area contributed by atoms with Crippen molar-refractivity contribution in [3.63, 3.8) is 0 Å². The molecule has 3 rings (SSSR count). The number of aliphatic hydroxyl groups excluding tert-OH is 1. The van der Waals surface area contributed by atoms with E-state index in [1.807, 2.05) is 24.3 Å². The molecule has 0 aliphatic carbocycles. The summed E-state index contributed by atoms with van der Waals surface area (Å²) in [6, 6.07) is 7.44. The zero-order valence-corrected chi connectivity index (χ0v) is 22.2. The highest BCUT2D eigenvalue weighted by molar-refractivity contribution is 9.10. The number of hydrogen-bond donors (Lipinski definition) is 3. The van der Waals surface area contributed by atoms with Crippen LogP contribution in [0.1, 0.15) is 5.56 Å². The van der Waals surface area contributed by atoms with Crippen molar-refractivity contribution in [3.8, 4) is 0 Å². The van der Waals surface area contributed by atoms with Crippen LogP contribution in [-0.4, -0.2) is 62.3 Å². The molecule has 4 N–H and O–H groups in total. The lowest BCUT2D eigenvalue weighted by atomic mass is 10.2. The van der Waals surface area contributed by atoms with Gasteiger partial charge in [0.25, 0.3) is 5.56 Å². The number of hydrogen-bond acceptors (Lipinski definition) is 10. The van der Waals surface area contributed by atoms with E-state index in [2.05, 4.69) is 30.9 Å². The first-order valence-electron chi connectivity index (χ1n) is 10.2. The van der Waals surface area contributed by atoms with Crippen molar-refractivity contribution in [1.82, 2.24) is 19.5 Å². The van der Waals surface area contributed by atoms with Crippen LogP contribution in [0.15, 0.2) is 39.9 Å². The maximum Gasteiger partial charge on any atom is 0.356 e. The molecule has 0 spiro atoms. The van der Waals surface area contributed by atoms with Gasteiger partial charge in [-0.25, -0.2) is 4.98 Å². The molecule has 0 aliphatic rings. The van der Waals surface area contributed by atoms with Gasteiger partial charge < -0.3 is 29.2 Å². The third kappa shape index (κ3) is 8.02. The van der Waals surface area contributed by atoms with E-state index in [1.54, 1.807) is 4.57 Å². The normalized spacial score (nSPS) is 14.3. The van der Waals surface area contributed by atoms with Crippen LogP contribution < -0.4 is 11.3 Å². The summed E-state index contributed by atoms with van der Waals surface area (Å²) in [5.74, 6) is 0.947. The highest BCUT2D eigenvalue weighted by Gasteiger charge is 2.25. The van der Waals surface area contributed by atoms with Crippen LogP contribution in [0.4, 0.5) is 5.95 Å². The molecule has 0 radical (unpaired) electrons. The number of anilines is 1. The molecule has 186 valence electrons. The average Bonchev–Trinajstić information content (AvgIpc) is 3.19. The van der Waals surface area contributed by atoms with Crippen molar-refractivity contribution in [3.05, 3.63) is 51.0 Å². The number of nitrogens with two attached hydrogens (primary N) is 1. The Labute approximate surface area is 211 Å². The van der Waals surface area contributed by atoms with Crippen LogP contribution in [0.25, 0.3) is 11.2 Å². The number of nitrogens with zero attached hydrogens (tertiary/aromatic N) is 3. The molecule has 3 aromatic rings. The molecule has 2 unspecified atom stereocenters. The summed E-state index contributed by atoms with van der Waals surface area (Å²) in [6.45, 7) is 0.647. The maximum atomic E-state index is 13.3. The molecule has 2 heterocycles. The molecule has 0 amide bonds. The van der Waals surface area contributed by atoms with E-state index in [0.29, 0.717) is 23.7 Å². The number of fused-ring (bicyclic) bond motifs is 1. The van der Waals surface area contributed by atoms with Gasteiger partial charge in [-0.2, -0.15) is 4.98 Å². The molecule has 0 fully saturated rings. The zero-order valence-electron chi connectivity index (χ0n) is 18.1. The molecule has 11 nitrogen and oxygen atoms in total.